The molecule has 0 aromatic heterocycles. The molecular formula is C33H34N2O6. The Bertz CT molecular complexity index is 1540. The van der Waals surface area contributed by atoms with Gasteiger partial charge in [-0.1, -0.05) is 62.4 Å². The Morgan fingerprint density at radius 2 is 1.63 bits per heavy atom. The number of ether oxygens (including phenoxy) is 1. The number of carbonyl (C=O) groups is 4. The third-order valence-electron chi connectivity index (χ3n) is 9.38. The summed E-state index contributed by atoms with van der Waals surface area (Å²) in [6, 6.07) is 17.0. The van der Waals surface area contributed by atoms with Crippen LogP contribution in [0.15, 0.2) is 60.7 Å². The summed E-state index contributed by atoms with van der Waals surface area (Å²) in [5, 5.41) is 15.9. The summed E-state index contributed by atoms with van der Waals surface area (Å²) >= 11 is 0. The van der Waals surface area contributed by atoms with Crippen LogP contribution in [0.5, 0.6) is 5.75 Å². The van der Waals surface area contributed by atoms with E-state index < -0.39 is 41.2 Å². The molecule has 2 heterocycles. The van der Waals surface area contributed by atoms with E-state index in [-0.39, 0.29) is 18.1 Å². The maximum absolute atomic E-state index is 14.2. The van der Waals surface area contributed by atoms with Gasteiger partial charge in [-0.2, -0.15) is 0 Å². The van der Waals surface area contributed by atoms with Gasteiger partial charge >= 0.3 is 5.97 Å². The molecule has 6 rings (SSSR count). The molecule has 0 bridgehead atoms. The predicted octanol–water partition coefficient (Wildman–Crippen LogP) is 5.29. The smallest absolute Gasteiger partial charge is 0.324 e. The van der Waals surface area contributed by atoms with E-state index in [0.717, 1.165) is 53.3 Å². The van der Waals surface area contributed by atoms with Crippen LogP contribution in [-0.2, 0) is 14.4 Å². The lowest BCUT2D eigenvalue weighted by atomic mass is 9.72. The lowest BCUT2D eigenvalue weighted by Gasteiger charge is -2.35. The molecule has 0 radical (unpaired) electrons. The van der Waals surface area contributed by atoms with Crippen LogP contribution in [0.25, 0.3) is 10.8 Å². The van der Waals surface area contributed by atoms with Crippen LogP contribution in [-0.4, -0.2) is 41.3 Å². The highest BCUT2D eigenvalue weighted by Crippen LogP contribution is 2.53. The largest absolute Gasteiger partial charge is 0.496 e. The summed E-state index contributed by atoms with van der Waals surface area (Å²) in [5.74, 6) is -3.34. The molecule has 3 aliphatic rings. The van der Waals surface area contributed by atoms with Gasteiger partial charge in [0.05, 0.1) is 24.6 Å². The number of carboxylic acids is 1. The summed E-state index contributed by atoms with van der Waals surface area (Å²) < 4.78 is 5.58. The van der Waals surface area contributed by atoms with Crippen molar-refractivity contribution in [2.75, 3.05) is 12.0 Å². The average molecular weight is 555 g/mol. The summed E-state index contributed by atoms with van der Waals surface area (Å²) in [4.78, 5) is 54.7. The lowest BCUT2D eigenvalue weighted by molar-refractivity contribution is -0.150. The molecular weight excluding hydrogens is 520 g/mol. The minimum absolute atomic E-state index is 0.125. The second kappa shape index (κ2) is 10.4. The fourth-order valence-electron chi connectivity index (χ4n) is 7.43. The minimum Gasteiger partial charge on any atom is -0.496 e. The molecule has 1 saturated carbocycles. The number of nitrogens with zero attached hydrogens (tertiary/aromatic N) is 1. The van der Waals surface area contributed by atoms with E-state index in [2.05, 4.69) is 5.32 Å². The first kappa shape index (κ1) is 27.1. The maximum atomic E-state index is 14.2. The zero-order valence-electron chi connectivity index (χ0n) is 23.3. The molecule has 3 aromatic rings. The van der Waals surface area contributed by atoms with Gasteiger partial charge in [-0.3, -0.25) is 24.5 Å². The maximum Gasteiger partial charge on any atom is 0.324 e. The fourth-order valence-corrected chi connectivity index (χ4v) is 7.43. The van der Waals surface area contributed by atoms with Gasteiger partial charge in [-0.15, -0.1) is 0 Å². The van der Waals surface area contributed by atoms with Gasteiger partial charge in [0.2, 0.25) is 11.8 Å². The number of hydrogen-bond acceptors (Lipinski definition) is 6. The number of nitrogens with one attached hydrogen (secondary N) is 1. The first-order chi connectivity index (χ1) is 19.8. The second-order valence-corrected chi connectivity index (χ2v) is 11.6. The molecule has 212 valence electrons. The van der Waals surface area contributed by atoms with E-state index in [1.165, 1.54) is 6.92 Å². The zero-order chi connectivity index (χ0) is 28.9. The van der Waals surface area contributed by atoms with Gasteiger partial charge in [0, 0.05) is 17.0 Å². The topological polar surface area (TPSA) is 113 Å². The van der Waals surface area contributed by atoms with Crippen molar-refractivity contribution in [2.45, 2.75) is 57.0 Å². The number of ketones is 1. The number of hydrogen-bond donors (Lipinski definition) is 2. The Morgan fingerprint density at radius 3 is 2.27 bits per heavy atom. The summed E-state index contributed by atoms with van der Waals surface area (Å²) in [6.07, 6.45) is 5.28. The molecule has 4 unspecified atom stereocenters. The molecule has 8 nitrogen and oxygen atoms in total. The van der Waals surface area contributed by atoms with E-state index >= 15 is 0 Å². The van der Waals surface area contributed by atoms with Crippen molar-refractivity contribution in [1.82, 2.24) is 5.32 Å². The number of benzene rings is 3. The zero-order valence-corrected chi connectivity index (χ0v) is 23.3. The van der Waals surface area contributed by atoms with E-state index in [9.17, 15) is 24.3 Å². The van der Waals surface area contributed by atoms with Crippen LogP contribution >= 0.6 is 0 Å². The van der Waals surface area contributed by atoms with Gasteiger partial charge in [-0.05, 0) is 60.5 Å². The van der Waals surface area contributed by atoms with Crippen molar-refractivity contribution in [3.8, 4) is 5.75 Å². The second-order valence-electron chi connectivity index (χ2n) is 11.6. The number of Topliss-reactive ketones (excluding diaryl/α,β-unsaturated/α-hetero) is 1. The molecule has 2 saturated heterocycles. The first-order valence-electron chi connectivity index (χ1n) is 14.3. The van der Waals surface area contributed by atoms with Gasteiger partial charge < -0.3 is 9.84 Å². The number of fused-ring (bicyclic) bond motifs is 2. The van der Waals surface area contributed by atoms with E-state index in [4.69, 9.17) is 4.74 Å². The molecule has 2 aliphatic heterocycles. The number of carbonyl (C=O) groups excluding carboxylic acids is 3. The van der Waals surface area contributed by atoms with Gasteiger partial charge in [0.25, 0.3) is 0 Å². The van der Waals surface area contributed by atoms with E-state index in [1.807, 2.05) is 36.4 Å². The SMILES string of the molecule is COc1ccc(C2NC(CC3CCCCC3)(C(=O)O)C3C(=O)N(c4ccc(C(C)=O)cc4)C(=O)C23)c2ccccc12. The number of rotatable bonds is 7. The third-order valence-corrected chi connectivity index (χ3v) is 9.38. The van der Waals surface area contributed by atoms with Crippen LogP contribution in [0.1, 0.15) is 67.4 Å². The van der Waals surface area contributed by atoms with Crippen molar-refractivity contribution >= 4 is 40.0 Å². The monoisotopic (exact) mass is 554 g/mol. The van der Waals surface area contributed by atoms with Crippen LogP contribution in [0.4, 0.5) is 5.69 Å². The van der Waals surface area contributed by atoms with Crippen molar-refractivity contribution < 1.29 is 29.0 Å². The van der Waals surface area contributed by atoms with Crippen molar-refractivity contribution in [3.05, 3.63) is 71.8 Å². The standard InChI is InChI=1S/C33H34N2O6/c1-19(36)21-12-14-22(15-13-21)35-30(37)27-28(31(35)38)33(32(39)40,18-20-8-4-3-5-9-20)34-29(27)25-16-17-26(41-2)24-11-7-6-10-23(24)25/h6-7,10-17,20,27-29,34H,3-5,8-9,18H2,1-2H3,(H,39,40). The summed E-state index contributed by atoms with van der Waals surface area (Å²) in [5.41, 5.74) is -0.0265. The van der Waals surface area contributed by atoms with E-state index in [1.54, 1.807) is 31.4 Å². The fraction of sp³-hybridized carbons (Fsp3) is 0.394. The Balaban J connectivity index is 1.50. The van der Waals surface area contributed by atoms with Crippen molar-refractivity contribution in [1.29, 1.82) is 0 Å². The molecule has 3 aromatic carbocycles. The summed E-state index contributed by atoms with van der Waals surface area (Å²) in [6.45, 7) is 1.45. The Labute approximate surface area is 238 Å². The molecule has 4 atom stereocenters. The van der Waals surface area contributed by atoms with Crippen LogP contribution < -0.4 is 15.0 Å². The quantitative estimate of drug-likeness (QED) is 0.301. The van der Waals surface area contributed by atoms with Crippen molar-refractivity contribution in [3.63, 3.8) is 0 Å². The van der Waals surface area contributed by atoms with Crippen LogP contribution in [0, 0.1) is 17.8 Å². The molecule has 8 heteroatoms. The highest BCUT2D eigenvalue weighted by Gasteiger charge is 2.69. The molecule has 3 fully saturated rings. The summed E-state index contributed by atoms with van der Waals surface area (Å²) in [7, 11) is 1.60. The van der Waals surface area contributed by atoms with E-state index in [0.29, 0.717) is 17.0 Å². The molecule has 1 aliphatic carbocycles. The van der Waals surface area contributed by atoms with Gasteiger partial charge in [-0.25, -0.2) is 4.90 Å². The predicted molar refractivity (Wildman–Crippen MR) is 154 cm³/mol. The molecule has 0 spiro atoms. The highest BCUT2D eigenvalue weighted by atomic mass is 16.5. The van der Waals surface area contributed by atoms with Crippen LogP contribution in [0.3, 0.4) is 0 Å². The number of aliphatic carboxylic acids is 1. The minimum atomic E-state index is -1.60. The number of amides is 2. The van der Waals surface area contributed by atoms with Crippen molar-refractivity contribution in [2.24, 2.45) is 17.8 Å². The number of methoxy groups -OCH3 is 1. The van der Waals surface area contributed by atoms with Gasteiger partial charge in [0.15, 0.2) is 5.78 Å². The normalized spacial score (nSPS) is 26.4. The van der Waals surface area contributed by atoms with Gasteiger partial charge in [0.1, 0.15) is 11.3 Å². The molecule has 2 N–H and O–H groups in total. The highest BCUT2D eigenvalue weighted by molar-refractivity contribution is 6.24. The average Bonchev–Trinajstić information content (AvgIpc) is 3.46. The molecule has 2 amide bonds. The Morgan fingerprint density at radius 1 is 0.951 bits per heavy atom. The number of carboxylic acid groups (broad SMARTS) is 1. The number of imide groups is 1. The Kier molecular flexibility index (Phi) is 6.90. The lowest BCUT2D eigenvalue weighted by Crippen LogP contribution is -2.57. The third kappa shape index (κ3) is 4.32. The first-order valence-corrected chi connectivity index (χ1v) is 14.3. The Hall–Kier alpha value is -4.04. The molecule has 41 heavy (non-hydrogen) atoms. The van der Waals surface area contributed by atoms with Crippen LogP contribution in [0.2, 0.25) is 0 Å². The number of anilines is 1.